The van der Waals surface area contributed by atoms with Crippen molar-refractivity contribution in [2.24, 2.45) is 0 Å². The zero-order valence-electron chi connectivity index (χ0n) is 6.94. The van der Waals surface area contributed by atoms with Crippen LogP contribution in [-0.4, -0.2) is 17.2 Å². The Morgan fingerprint density at radius 2 is 1.92 bits per heavy atom. The number of benzene rings is 1. The molecule has 0 atom stereocenters. The number of rotatable bonds is 1. The highest BCUT2D eigenvalue weighted by Crippen LogP contribution is 2.24. The number of fused-ring (bicyclic) bond motifs is 1. The molecular weight excluding hydrogens is 163 g/mol. The summed E-state index contributed by atoms with van der Waals surface area (Å²) < 4.78 is 0. The van der Waals surface area contributed by atoms with Crippen LogP contribution in [0.5, 0.6) is 0 Å². The van der Waals surface area contributed by atoms with Gasteiger partial charge in [0, 0.05) is 12.1 Å². The minimum Gasteiger partial charge on any atom is -0.421 e. The van der Waals surface area contributed by atoms with Crippen LogP contribution in [0, 0.1) is 6.08 Å². The molecule has 1 aromatic rings. The maximum absolute atomic E-state index is 9.05. The Morgan fingerprint density at radius 3 is 2.69 bits per heavy atom. The molecule has 1 aromatic carbocycles. The molecule has 0 aliphatic heterocycles. The second-order valence-corrected chi connectivity index (χ2v) is 2.85. The van der Waals surface area contributed by atoms with E-state index in [1.165, 1.54) is 0 Å². The normalized spacial score (nSPS) is 12.9. The molecular formula is C10H8BO2+. The van der Waals surface area contributed by atoms with Crippen LogP contribution in [0.1, 0.15) is 11.1 Å². The van der Waals surface area contributed by atoms with E-state index in [0.717, 1.165) is 11.1 Å². The first-order chi connectivity index (χ1) is 6.29. The van der Waals surface area contributed by atoms with Gasteiger partial charge >= 0.3 is 7.12 Å². The zero-order valence-corrected chi connectivity index (χ0v) is 6.94. The van der Waals surface area contributed by atoms with E-state index in [4.69, 9.17) is 10.0 Å². The van der Waals surface area contributed by atoms with E-state index < -0.39 is 7.12 Å². The van der Waals surface area contributed by atoms with Gasteiger partial charge in [-0.25, -0.2) is 0 Å². The molecule has 0 saturated carbocycles. The predicted molar refractivity (Wildman–Crippen MR) is 52.3 cm³/mol. The van der Waals surface area contributed by atoms with Crippen molar-refractivity contribution in [3.8, 4) is 0 Å². The first-order valence-electron chi connectivity index (χ1n) is 4.04. The molecule has 62 valence electrons. The average Bonchev–Trinajstić information content (AvgIpc) is 2.17. The van der Waals surface area contributed by atoms with Crippen LogP contribution >= 0.6 is 0 Å². The highest BCUT2D eigenvalue weighted by atomic mass is 16.4. The monoisotopic (exact) mass is 171 g/mol. The zero-order chi connectivity index (χ0) is 9.26. The molecule has 3 heteroatoms. The highest BCUT2D eigenvalue weighted by molar-refractivity contribution is 6.65. The smallest absolute Gasteiger partial charge is 0.421 e. The molecule has 0 aromatic heterocycles. The summed E-state index contributed by atoms with van der Waals surface area (Å²) >= 11 is 0. The summed E-state index contributed by atoms with van der Waals surface area (Å²) in [5.74, 6) is 0. The average molecular weight is 171 g/mol. The fourth-order valence-electron chi connectivity index (χ4n) is 1.40. The van der Waals surface area contributed by atoms with Crippen LogP contribution in [0.3, 0.4) is 0 Å². The van der Waals surface area contributed by atoms with Gasteiger partial charge in [0.2, 0.25) is 0 Å². The van der Waals surface area contributed by atoms with Crippen LogP contribution in [0.4, 0.5) is 0 Å². The third kappa shape index (κ3) is 1.41. The highest BCUT2D eigenvalue weighted by Gasteiger charge is 2.28. The fourth-order valence-corrected chi connectivity index (χ4v) is 1.40. The molecule has 0 spiro atoms. The van der Waals surface area contributed by atoms with Gasteiger partial charge in [0.25, 0.3) is 0 Å². The van der Waals surface area contributed by atoms with Gasteiger partial charge in [-0.2, -0.15) is 0 Å². The standard InChI is InChI=1S/C10H8BO2/c12-11(13)10-7-3-5-8-4-1-2-6-9(8)10/h1-6,12-13H/q+1. The minimum atomic E-state index is -1.45. The summed E-state index contributed by atoms with van der Waals surface area (Å²) in [4.78, 5) is 0. The van der Waals surface area contributed by atoms with E-state index in [-0.39, 0.29) is 0 Å². The molecule has 13 heavy (non-hydrogen) atoms. The first-order valence-corrected chi connectivity index (χ1v) is 4.04. The van der Waals surface area contributed by atoms with Crippen molar-refractivity contribution < 1.29 is 10.0 Å². The van der Waals surface area contributed by atoms with E-state index in [2.05, 4.69) is 6.08 Å². The van der Waals surface area contributed by atoms with Crippen molar-refractivity contribution in [2.45, 2.75) is 0 Å². The van der Waals surface area contributed by atoms with E-state index in [9.17, 15) is 0 Å². The topological polar surface area (TPSA) is 40.5 Å². The van der Waals surface area contributed by atoms with Gasteiger partial charge in [-0.1, -0.05) is 6.07 Å². The molecule has 2 rings (SSSR count). The van der Waals surface area contributed by atoms with Crippen LogP contribution in [0.2, 0.25) is 0 Å². The predicted octanol–water partition coefficient (Wildman–Crippen LogP) is 0.912. The molecule has 0 heterocycles. The lowest BCUT2D eigenvalue weighted by atomic mass is 9.72. The first kappa shape index (κ1) is 8.20. The van der Waals surface area contributed by atoms with E-state index in [0.29, 0.717) is 5.47 Å². The van der Waals surface area contributed by atoms with Crippen LogP contribution in [-0.2, 0) is 0 Å². The Morgan fingerprint density at radius 1 is 1.15 bits per heavy atom. The summed E-state index contributed by atoms with van der Waals surface area (Å²) in [6.45, 7) is 0. The van der Waals surface area contributed by atoms with Gasteiger partial charge in [-0.05, 0) is 12.1 Å². The largest absolute Gasteiger partial charge is 0.527 e. The Kier molecular flexibility index (Phi) is 1.99. The second kappa shape index (κ2) is 3.15. The summed E-state index contributed by atoms with van der Waals surface area (Å²) in [7, 11) is -1.45. The molecule has 0 unspecified atom stereocenters. The van der Waals surface area contributed by atoms with Crippen LogP contribution in [0.25, 0.3) is 11.5 Å². The van der Waals surface area contributed by atoms with E-state index >= 15 is 0 Å². The molecule has 0 bridgehead atoms. The van der Waals surface area contributed by atoms with E-state index in [1.54, 1.807) is 6.08 Å². The number of hydrogen-bond acceptors (Lipinski definition) is 2. The van der Waals surface area contributed by atoms with Crippen molar-refractivity contribution in [2.75, 3.05) is 0 Å². The quantitative estimate of drug-likeness (QED) is 0.487. The van der Waals surface area contributed by atoms with Gasteiger partial charge in [0.1, 0.15) is 6.08 Å². The van der Waals surface area contributed by atoms with Crippen LogP contribution < -0.4 is 0 Å². The van der Waals surface area contributed by atoms with Gasteiger partial charge in [-0.15, -0.1) is 0 Å². The molecule has 1 aliphatic rings. The third-order valence-electron chi connectivity index (χ3n) is 2.01. The lowest BCUT2D eigenvalue weighted by Gasteiger charge is -2.02. The third-order valence-corrected chi connectivity index (χ3v) is 2.01. The number of allylic oxidation sites excluding steroid dienone is 2. The molecule has 2 N–H and O–H groups in total. The molecule has 0 amide bonds. The van der Waals surface area contributed by atoms with Crippen molar-refractivity contribution in [1.82, 2.24) is 0 Å². The maximum atomic E-state index is 9.05. The summed E-state index contributed by atoms with van der Waals surface area (Å²) in [6, 6.07) is 7.55. The summed E-state index contributed by atoms with van der Waals surface area (Å²) in [6.07, 6.45) is 6.39. The summed E-state index contributed by atoms with van der Waals surface area (Å²) in [5, 5.41) is 18.1. The molecule has 1 aliphatic carbocycles. The van der Waals surface area contributed by atoms with Gasteiger partial charge in [0.15, 0.2) is 5.47 Å². The molecule has 0 radical (unpaired) electrons. The Balaban J connectivity index is 2.55. The van der Waals surface area contributed by atoms with E-state index in [1.807, 2.05) is 30.3 Å². The Hall–Kier alpha value is -1.41. The SMILES string of the molecule is OB(O)C1=[C+]C=Cc2ccccc21. The van der Waals surface area contributed by atoms with Crippen molar-refractivity contribution >= 4 is 18.7 Å². The molecule has 0 fully saturated rings. The van der Waals surface area contributed by atoms with Crippen molar-refractivity contribution in [3.05, 3.63) is 47.5 Å². The fraction of sp³-hybridized carbons (Fsp3) is 0. The van der Waals surface area contributed by atoms with Crippen molar-refractivity contribution in [3.63, 3.8) is 0 Å². The van der Waals surface area contributed by atoms with Gasteiger partial charge < -0.3 is 10.0 Å². The Labute approximate surface area is 77.0 Å². The minimum absolute atomic E-state index is 0.429. The van der Waals surface area contributed by atoms with Crippen molar-refractivity contribution in [1.29, 1.82) is 0 Å². The lowest BCUT2D eigenvalue weighted by molar-refractivity contribution is 0.427. The second-order valence-electron chi connectivity index (χ2n) is 2.85. The maximum Gasteiger partial charge on any atom is 0.527 e. The van der Waals surface area contributed by atoms with Gasteiger partial charge in [-0.3, -0.25) is 0 Å². The van der Waals surface area contributed by atoms with Crippen LogP contribution in [0.15, 0.2) is 30.3 Å². The number of hydrogen-bond donors (Lipinski definition) is 2. The molecule has 2 nitrogen and oxygen atoms in total. The van der Waals surface area contributed by atoms with Gasteiger partial charge in [0.05, 0.1) is 17.2 Å². The molecule has 0 saturated heterocycles. The summed E-state index contributed by atoms with van der Waals surface area (Å²) in [5.41, 5.74) is 2.25. The Bertz CT molecular complexity index is 380. The lowest BCUT2D eigenvalue weighted by Crippen LogP contribution is -2.16.